The van der Waals surface area contributed by atoms with Crippen molar-refractivity contribution >= 4 is 27.3 Å². The molecule has 0 aliphatic heterocycles. The number of thiophene rings is 1. The van der Waals surface area contributed by atoms with Gasteiger partial charge in [-0.3, -0.25) is 9.63 Å². The van der Waals surface area contributed by atoms with Crippen molar-refractivity contribution in [3.05, 3.63) is 17.5 Å². The number of hydrogen-bond acceptors (Lipinski definition) is 6. The first-order valence-corrected chi connectivity index (χ1v) is 7.70. The van der Waals surface area contributed by atoms with Gasteiger partial charge in [-0.25, -0.2) is 13.9 Å². The van der Waals surface area contributed by atoms with Crippen LogP contribution in [0.25, 0.3) is 0 Å². The summed E-state index contributed by atoms with van der Waals surface area (Å²) >= 11 is 1.10. The van der Waals surface area contributed by atoms with Gasteiger partial charge in [0.05, 0.1) is 19.8 Å². The number of ether oxygens (including phenoxy) is 1. The van der Waals surface area contributed by atoms with Crippen LogP contribution in [0.2, 0.25) is 0 Å². The Kier molecular flexibility index (Phi) is 6.38. The number of hydroxylamine groups is 1. The fourth-order valence-corrected chi connectivity index (χ4v) is 3.47. The molecule has 0 aromatic carbocycles. The van der Waals surface area contributed by atoms with E-state index < -0.39 is 15.9 Å². The second-order valence-electron chi connectivity index (χ2n) is 3.56. The van der Waals surface area contributed by atoms with Crippen LogP contribution >= 0.6 is 11.3 Å². The van der Waals surface area contributed by atoms with Gasteiger partial charge in [-0.05, 0) is 11.4 Å². The van der Waals surface area contributed by atoms with Gasteiger partial charge >= 0.3 is 0 Å². The van der Waals surface area contributed by atoms with Gasteiger partial charge in [0.15, 0.2) is 0 Å². The van der Waals surface area contributed by atoms with E-state index in [4.69, 9.17) is 9.57 Å². The molecule has 108 valence electrons. The average molecular weight is 308 g/mol. The number of likely N-dealkylation sites (N-methyl/N-ethyl adjacent to an activating group) is 1. The van der Waals surface area contributed by atoms with Crippen molar-refractivity contribution in [3.8, 4) is 0 Å². The standard InChI is InChI=1S/C10H16N2O5S2/c1-12(8-9(13)11-17-6-5-16-2)19(14,15)10-4-3-7-18-10/h3-4,7H,5-6,8H2,1-2H3,(H,11,13). The lowest BCUT2D eigenvalue weighted by Crippen LogP contribution is -2.38. The normalized spacial score (nSPS) is 11.7. The van der Waals surface area contributed by atoms with Gasteiger partial charge in [-0.15, -0.1) is 11.3 Å². The second kappa shape index (κ2) is 7.56. The minimum atomic E-state index is -3.62. The number of hydrogen-bond donors (Lipinski definition) is 1. The average Bonchev–Trinajstić information content (AvgIpc) is 2.89. The van der Waals surface area contributed by atoms with Crippen molar-refractivity contribution in [2.45, 2.75) is 4.21 Å². The molecule has 0 aliphatic carbocycles. The van der Waals surface area contributed by atoms with E-state index in [9.17, 15) is 13.2 Å². The molecule has 1 aromatic heterocycles. The molecule has 0 unspecified atom stereocenters. The molecule has 0 saturated heterocycles. The van der Waals surface area contributed by atoms with Gasteiger partial charge in [0.2, 0.25) is 0 Å². The van der Waals surface area contributed by atoms with E-state index in [1.807, 2.05) is 0 Å². The minimum absolute atomic E-state index is 0.197. The zero-order valence-corrected chi connectivity index (χ0v) is 12.3. The number of nitrogens with zero attached hydrogens (tertiary/aromatic N) is 1. The van der Waals surface area contributed by atoms with Crippen molar-refractivity contribution in [2.24, 2.45) is 0 Å². The van der Waals surface area contributed by atoms with Crippen molar-refractivity contribution < 1.29 is 22.8 Å². The highest BCUT2D eigenvalue weighted by molar-refractivity contribution is 7.91. The minimum Gasteiger partial charge on any atom is -0.382 e. The highest BCUT2D eigenvalue weighted by Gasteiger charge is 2.23. The van der Waals surface area contributed by atoms with Gasteiger partial charge in [0.1, 0.15) is 4.21 Å². The van der Waals surface area contributed by atoms with Crippen LogP contribution in [0.3, 0.4) is 0 Å². The Morgan fingerprint density at radius 1 is 1.47 bits per heavy atom. The SMILES string of the molecule is COCCONC(=O)CN(C)S(=O)(=O)c1cccs1. The fourth-order valence-electron chi connectivity index (χ4n) is 1.14. The third kappa shape index (κ3) is 4.88. The molecule has 0 atom stereocenters. The van der Waals surface area contributed by atoms with Gasteiger partial charge in [0.25, 0.3) is 15.9 Å². The molecule has 19 heavy (non-hydrogen) atoms. The maximum Gasteiger partial charge on any atom is 0.258 e. The summed E-state index contributed by atoms with van der Waals surface area (Å²) in [6, 6.07) is 3.13. The quantitative estimate of drug-likeness (QED) is 0.542. The van der Waals surface area contributed by atoms with Crippen LogP contribution in [0.15, 0.2) is 21.7 Å². The van der Waals surface area contributed by atoms with Crippen molar-refractivity contribution in [2.75, 3.05) is 33.9 Å². The highest BCUT2D eigenvalue weighted by Crippen LogP contribution is 2.19. The maximum absolute atomic E-state index is 12.0. The topological polar surface area (TPSA) is 84.9 Å². The fraction of sp³-hybridized carbons (Fsp3) is 0.500. The summed E-state index contributed by atoms with van der Waals surface area (Å²) in [5, 5.41) is 1.66. The monoisotopic (exact) mass is 308 g/mol. The summed E-state index contributed by atoms with van der Waals surface area (Å²) in [6.45, 7) is 0.223. The van der Waals surface area contributed by atoms with E-state index in [2.05, 4.69) is 5.48 Å². The molecule has 7 nitrogen and oxygen atoms in total. The molecule has 0 fully saturated rings. The van der Waals surface area contributed by atoms with Crippen LogP contribution in [-0.2, 0) is 24.4 Å². The van der Waals surface area contributed by atoms with E-state index in [-0.39, 0.29) is 17.4 Å². The largest absolute Gasteiger partial charge is 0.382 e. The van der Waals surface area contributed by atoms with E-state index in [1.54, 1.807) is 11.4 Å². The summed E-state index contributed by atoms with van der Waals surface area (Å²) in [7, 11) is -0.772. The molecule has 0 aliphatic rings. The predicted molar refractivity (Wildman–Crippen MR) is 70.1 cm³/mol. The molecular formula is C10H16N2O5S2. The van der Waals surface area contributed by atoms with Gasteiger partial charge in [-0.1, -0.05) is 6.07 Å². The Morgan fingerprint density at radius 3 is 2.79 bits per heavy atom. The number of rotatable bonds is 8. The summed E-state index contributed by atoms with van der Waals surface area (Å²) < 4.78 is 29.9. The number of amides is 1. The van der Waals surface area contributed by atoms with Crippen LogP contribution in [-0.4, -0.2) is 52.5 Å². The Bertz CT molecular complexity index is 486. The van der Waals surface area contributed by atoms with E-state index >= 15 is 0 Å². The molecule has 9 heteroatoms. The molecule has 0 saturated carbocycles. The summed E-state index contributed by atoms with van der Waals surface area (Å²) in [5.74, 6) is -0.543. The highest BCUT2D eigenvalue weighted by atomic mass is 32.2. The van der Waals surface area contributed by atoms with Gasteiger partial charge in [-0.2, -0.15) is 4.31 Å². The first-order valence-electron chi connectivity index (χ1n) is 5.38. The zero-order valence-electron chi connectivity index (χ0n) is 10.7. The summed E-state index contributed by atoms with van der Waals surface area (Å²) in [4.78, 5) is 16.2. The Labute approximate surface area is 116 Å². The molecule has 1 N–H and O–H groups in total. The molecule has 1 aromatic rings. The first kappa shape index (κ1) is 16.1. The maximum atomic E-state index is 12.0. The Hall–Kier alpha value is -1.00. The van der Waals surface area contributed by atoms with E-state index in [0.717, 1.165) is 15.6 Å². The summed E-state index contributed by atoms with van der Waals surface area (Å²) in [5.41, 5.74) is 2.14. The number of methoxy groups -OCH3 is 1. The van der Waals surface area contributed by atoms with Crippen molar-refractivity contribution in [1.29, 1.82) is 0 Å². The Morgan fingerprint density at radius 2 is 2.21 bits per heavy atom. The third-order valence-electron chi connectivity index (χ3n) is 2.10. The number of carbonyl (C=O) groups excluding carboxylic acids is 1. The first-order chi connectivity index (χ1) is 8.98. The van der Waals surface area contributed by atoms with Crippen molar-refractivity contribution in [3.63, 3.8) is 0 Å². The van der Waals surface area contributed by atoms with Crippen LogP contribution in [0.5, 0.6) is 0 Å². The predicted octanol–water partition coefficient (Wildman–Crippen LogP) is 0.0628. The lowest BCUT2D eigenvalue weighted by atomic mass is 10.6. The molecule has 1 heterocycles. The van der Waals surface area contributed by atoms with Crippen LogP contribution in [0, 0.1) is 0 Å². The van der Waals surface area contributed by atoms with Crippen LogP contribution in [0.4, 0.5) is 0 Å². The Balaban J connectivity index is 2.46. The van der Waals surface area contributed by atoms with E-state index in [1.165, 1.54) is 20.2 Å². The lowest BCUT2D eigenvalue weighted by molar-refractivity contribution is -0.134. The molecule has 1 rings (SSSR count). The molecule has 0 spiro atoms. The molecular weight excluding hydrogens is 292 g/mol. The van der Waals surface area contributed by atoms with E-state index in [0.29, 0.717) is 6.61 Å². The van der Waals surface area contributed by atoms with Crippen molar-refractivity contribution in [1.82, 2.24) is 9.79 Å². The number of carbonyl (C=O) groups is 1. The molecule has 1 amide bonds. The lowest BCUT2D eigenvalue weighted by Gasteiger charge is -2.15. The van der Waals surface area contributed by atoms with Gasteiger partial charge < -0.3 is 4.74 Å². The zero-order chi connectivity index (χ0) is 14.3. The molecule has 0 bridgehead atoms. The van der Waals surface area contributed by atoms with Crippen LogP contribution in [0.1, 0.15) is 0 Å². The van der Waals surface area contributed by atoms with Gasteiger partial charge in [0, 0.05) is 14.2 Å². The third-order valence-corrected chi connectivity index (χ3v) is 5.28. The number of nitrogens with one attached hydrogen (secondary N) is 1. The van der Waals surface area contributed by atoms with Crippen LogP contribution < -0.4 is 5.48 Å². The smallest absolute Gasteiger partial charge is 0.258 e. The summed E-state index contributed by atoms with van der Waals surface area (Å²) in [6.07, 6.45) is 0. The number of sulfonamides is 1. The molecule has 0 radical (unpaired) electrons. The second-order valence-corrected chi connectivity index (χ2v) is 6.78.